The normalized spacial score (nSPS) is 16.3. The first kappa shape index (κ1) is 15.8. The van der Waals surface area contributed by atoms with Gasteiger partial charge in [0.15, 0.2) is 0 Å². The monoisotopic (exact) mass is 312 g/mol. The van der Waals surface area contributed by atoms with Gasteiger partial charge in [0, 0.05) is 32.0 Å². The molecule has 0 bridgehead atoms. The number of aromatic nitrogens is 1. The number of ether oxygens (including phenoxy) is 2. The number of pyridine rings is 1. The quantitative estimate of drug-likeness (QED) is 0.847. The molecule has 0 spiro atoms. The predicted octanol–water partition coefficient (Wildman–Crippen LogP) is 3.44. The minimum absolute atomic E-state index is 0.304. The summed E-state index contributed by atoms with van der Waals surface area (Å²) < 4.78 is 11.3. The van der Waals surface area contributed by atoms with Crippen LogP contribution in [0.2, 0.25) is 0 Å². The fourth-order valence-electron chi connectivity index (χ4n) is 2.95. The van der Waals surface area contributed by atoms with Crippen molar-refractivity contribution in [2.75, 3.05) is 20.2 Å². The Bertz CT molecular complexity index is 620. The maximum Gasteiger partial charge on any atom is 0.119 e. The standard InChI is InChI=1S/C19H24N2O2/c1-15-13-20-10-7-16(15)14-21-11-8-19(9-12-21)23-18-5-3-17(22-2)4-6-18/h3-7,10,13,19H,8-9,11-12,14H2,1-2H3. The molecule has 1 aromatic carbocycles. The van der Waals surface area contributed by atoms with Crippen LogP contribution in [0.15, 0.2) is 42.7 Å². The first-order valence-electron chi connectivity index (χ1n) is 8.17. The molecule has 0 saturated carbocycles. The zero-order chi connectivity index (χ0) is 16.1. The average Bonchev–Trinajstić information content (AvgIpc) is 2.59. The highest BCUT2D eigenvalue weighted by Gasteiger charge is 2.21. The second-order valence-electron chi connectivity index (χ2n) is 6.07. The lowest BCUT2D eigenvalue weighted by Gasteiger charge is -2.32. The van der Waals surface area contributed by atoms with Crippen molar-refractivity contribution in [3.63, 3.8) is 0 Å². The van der Waals surface area contributed by atoms with E-state index < -0.39 is 0 Å². The molecule has 1 aliphatic heterocycles. The van der Waals surface area contributed by atoms with Gasteiger partial charge in [0.25, 0.3) is 0 Å². The fourth-order valence-corrected chi connectivity index (χ4v) is 2.95. The van der Waals surface area contributed by atoms with Crippen LogP contribution in [0.4, 0.5) is 0 Å². The van der Waals surface area contributed by atoms with Crippen molar-refractivity contribution in [3.05, 3.63) is 53.9 Å². The van der Waals surface area contributed by atoms with E-state index in [9.17, 15) is 0 Å². The molecule has 2 aromatic rings. The molecule has 23 heavy (non-hydrogen) atoms. The molecule has 2 heterocycles. The molecule has 3 rings (SSSR count). The zero-order valence-electron chi connectivity index (χ0n) is 13.9. The van der Waals surface area contributed by atoms with Crippen LogP contribution in [-0.4, -0.2) is 36.2 Å². The lowest BCUT2D eigenvalue weighted by atomic mass is 10.1. The molecule has 0 aliphatic carbocycles. The predicted molar refractivity (Wildman–Crippen MR) is 90.9 cm³/mol. The van der Waals surface area contributed by atoms with Gasteiger partial charge >= 0.3 is 0 Å². The summed E-state index contributed by atoms with van der Waals surface area (Å²) in [5.41, 5.74) is 2.64. The van der Waals surface area contributed by atoms with Crippen molar-refractivity contribution in [1.29, 1.82) is 0 Å². The summed E-state index contributed by atoms with van der Waals surface area (Å²) in [7, 11) is 1.68. The molecule has 0 amide bonds. The van der Waals surface area contributed by atoms with Gasteiger partial charge in [0.2, 0.25) is 0 Å². The van der Waals surface area contributed by atoms with Gasteiger partial charge in [-0.15, -0.1) is 0 Å². The summed E-state index contributed by atoms with van der Waals surface area (Å²) in [5.74, 6) is 1.79. The van der Waals surface area contributed by atoms with Crippen LogP contribution in [0.5, 0.6) is 11.5 Å². The Balaban J connectivity index is 1.49. The van der Waals surface area contributed by atoms with E-state index in [1.54, 1.807) is 7.11 Å². The number of piperidine rings is 1. The van der Waals surface area contributed by atoms with Gasteiger partial charge in [0.1, 0.15) is 17.6 Å². The SMILES string of the molecule is COc1ccc(OC2CCN(Cc3ccncc3C)CC2)cc1. The van der Waals surface area contributed by atoms with Crippen LogP contribution in [0.3, 0.4) is 0 Å². The van der Waals surface area contributed by atoms with Crippen LogP contribution in [0.25, 0.3) is 0 Å². The van der Waals surface area contributed by atoms with Gasteiger partial charge in [-0.05, 0) is 61.2 Å². The largest absolute Gasteiger partial charge is 0.497 e. The van der Waals surface area contributed by atoms with Gasteiger partial charge in [0.05, 0.1) is 7.11 Å². The summed E-state index contributed by atoms with van der Waals surface area (Å²) >= 11 is 0. The molecule has 4 nitrogen and oxygen atoms in total. The Morgan fingerprint density at radius 3 is 2.43 bits per heavy atom. The number of benzene rings is 1. The van der Waals surface area contributed by atoms with Crippen molar-refractivity contribution in [1.82, 2.24) is 9.88 Å². The van der Waals surface area contributed by atoms with Gasteiger partial charge in [-0.3, -0.25) is 9.88 Å². The van der Waals surface area contributed by atoms with Crippen molar-refractivity contribution in [3.8, 4) is 11.5 Å². The molecule has 1 fully saturated rings. The Labute approximate surface area is 138 Å². The zero-order valence-corrected chi connectivity index (χ0v) is 13.9. The van der Waals surface area contributed by atoms with Crippen molar-refractivity contribution in [2.24, 2.45) is 0 Å². The Kier molecular flexibility index (Phi) is 5.13. The number of rotatable bonds is 5. The minimum atomic E-state index is 0.304. The van der Waals surface area contributed by atoms with Crippen LogP contribution in [-0.2, 0) is 6.54 Å². The van der Waals surface area contributed by atoms with Crippen LogP contribution < -0.4 is 9.47 Å². The summed E-state index contributed by atoms with van der Waals surface area (Å²) in [4.78, 5) is 6.66. The minimum Gasteiger partial charge on any atom is -0.497 e. The molecular formula is C19H24N2O2. The number of likely N-dealkylation sites (tertiary alicyclic amines) is 1. The summed E-state index contributed by atoms with van der Waals surface area (Å²) in [6, 6.07) is 9.96. The molecule has 1 aliphatic rings. The maximum atomic E-state index is 6.08. The summed E-state index contributed by atoms with van der Waals surface area (Å²) in [6.07, 6.45) is 6.25. The first-order chi connectivity index (χ1) is 11.2. The molecule has 1 saturated heterocycles. The van der Waals surface area contributed by atoms with Crippen LogP contribution >= 0.6 is 0 Å². The molecule has 0 N–H and O–H groups in total. The second kappa shape index (κ2) is 7.47. The topological polar surface area (TPSA) is 34.6 Å². The molecule has 0 unspecified atom stereocenters. The van der Waals surface area contributed by atoms with E-state index in [0.717, 1.165) is 44.0 Å². The third-order valence-electron chi connectivity index (χ3n) is 4.43. The fraction of sp³-hybridized carbons (Fsp3) is 0.421. The number of hydrogen-bond donors (Lipinski definition) is 0. The van der Waals surface area contributed by atoms with Gasteiger partial charge in [-0.25, -0.2) is 0 Å². The Hall–Kier alpha value is -2.07. The van der Waals surface area contributed by atoms with Crippen LogP contribution in [0.1, 0.15) is 24.0 Å². The first-order valence-corrected chi connectivity index (χ1v) is 8.17. The number of methoxy groups -OCH3 is 1. The Morgan fingerprint density at radius 2 is 1.78 bits per heavy atom. The number of nitrogens with zero attached hydrogens (tertiary/aromatic N) is 2. The molecule has 0 atom stereocenters. The average molecular weight is 312 g/mol. The van der Waals surface area contributed by atoms with Gasteiger partial charge in [-0.1, -0.05) is 0 Å². The van der Waals surface area contributed by atoms with E-state index in [0.29, 0.717) is 6.10 Å². The second-order valence-corrected chi connectivity index (χ2v) is 6.07. The van der Waals surface area contributed by atoms with E-state index in [4.69, 9.17) is 9.47 Å². The highest BCUT2D eigenvalue weighted by atomic mass is 16.5. The molecule has 4 heteroatoms. The third kappa shape index (κ3) is 4.23. The van der Waals surface area contributed by atoms with E-state index in [1.165, 1.54) is 11.1 Å². The highest BCUT2D eigenvalue weighted by Crippen LogP contribution is 2.22. The molecule has 0 radical (unpaired) electrons. The van der Waals surface area contributed by atoms with Gasteiger partial charge < -0.3 is 9.47 Å². The van der Waals surface area contributed by atoms with E-state index in [2.05, 4.69) is 22.9 Å². The van der Waals surface area contributed by atoms with E-state index in [-0.39, 0.29) is 0 Å². The molecule has 1 aromatic heterocycles. The van der Waals surface area contributed by atoms with Crippen molar-refractivity contribution >= 4 is 0 Å². The maximum absolute atomic E-state index is 6.08. The van der Waals surface area contributed by atoms with Crippen molar-refractivity contribution < 1.29 is 9.47 Å². The lowest BCUT2D eigenvalue weighted by Crippen LogP contribution is -2.37. The Morgan fingerprint density at radius 1 is 1.09 bits per heavy atom. The van der Waals surface area contributed by atoms with Gasteiger partial charge in [-0.2, -0.15) is 0 Å². The highest BCUT2D eigenvalue weighted by molar-refractivity contribution is 5.31. The summed E-state index contributed by atoms with van der Waals surface area (Å²) in [5, 5.41) is 0. The van der Waals surface area contributed by atoms with E-state index >= 15 is 0 Å². The number of hydrogen-bond acceptors (Lipinski definition) is 4. The molecule has 122 valence electrons. The summed E-state index contributed by atoms with van der Waals surface area (Å²) in [6.45, 7) is 5.27. The van der Waals surface area contributed by atoms with Crippen LogP contribution in [0, 0.1) is 6.92 Å². The molecular weight excluding hydrogens is 288 g/mol. The number of aryl methyl sites for hydroxylation is 1. The lowest BCUT2D eigenvalue weighted by molar-refractivity contribution is 0.0966. The third-order valence-corrected chi connectivity index (χ3v) is 4.43. The van der Waals surface area contributed by atoms with E-state index in [1.807, 2.05) is 36.7 Å². The smallest absolute Gasteiger partial charge is 0.119 e. The van der Waals surface area contributed by atoms with Crippen molar-refractivity contribution in [2.45, 2.75) is 32.4 Å².